The van der Waals surface area contributed by atoms with Gasteiger partial charge in [-0.3, -0.25) is 4.99 Å². The molecule has 0 aliphatic heterocycles. The highest BCUT2D eigenvalue weighted by Gasteiger charge is 2.25. The van der Waals surface area contributed by atoms with E-state index in [0.29, 0.717) is 0 Å². The second-order valence-electron chi connectivity index (χ2n) is 7.54. The molecule has 0 bridgehead atoms. The lowest BCUT2D eigenvalue weighted by atomic mass is 10.0. The van der Waals surface area contributed by atoms with Gasteiger partial charge in [0.25, 0.3) is 0 Å². The summed E-state index contributed by atoms with van der Waals surface area (Å²) in [5.74, 6) is 0. The molecule has 0 unspecified atom stereocenters. The van der Waals surface area contributed by atoms with Crippen LogP contribution in [0, 0.1) is 0 Å². The van der Waals surface area contributed by atoms with Crippen molar-refractivity contribution in [1.82, 2.24) is 0 Å². The molecule has 1 aliphatic carbocycles. The Balaban J connectivity index is 1.55. The third-order valence-corrected chi connectivity index (χ3v) is 5.59. The van der Waals surface area contributed by atoms with Gasteiger partial charge < -0.3 is 0 Å². The second kappa shape index (κ2) is 8.34. The van der Waals surface area contributed by atoms with Gasteiger partial charge in [0.05, 0.1) is 11.8 Å². The number of nitrogens with zero attached hydrogens (tertiary/aromatic N) is 1. The van der Waals surface area contributed by atoms with E-state index in [-0.39, 0.29) is 6.04 Å². The minimum atomic E-state index is 0.0698. The SMILES string of the molecule is C(=C\c1ccccc1)/C[C@@H](N=C1c2ccccc2-c2ccccc21)c1ccccc1. The molecule has 0 N–H and O–H groups in total. The number of rotatable bonds is 5. The molecule has 0 saturated heterocycles. The minimum absolute atomic E-state index is 0.0698. The second-order valence-corrected chi connectivity index (χ2v) is 7.54. The lowest BCUT2D eigenvalue weighted by Crippen LogP contribution is -2.04. The van der Waals surface area contributed by atoms with Crippen molar-refractivity contribution in [1.29, 1.82) is 0 Å². The molecule has 4 aromatic rings. The average Bonchev–Trinajstić information content (AvgIpc) is 3.13. The Labute approximate surface area is 178 Å². The van der Waals surface area contributed by atoms with Gasteiger partial charge in [0.1, 0.15) is 0 Å². The van der Waals surface area contributed by atoms with Gasteiger partial charge in [-0.05, 0) is 28.7 Å². The van der Waals surface area contributed by atoms with Crippen LogP contribution in [-0.4, -0.2) is 5.71 Å². The Morgan fingerprint density at radius 2 is 1.07 bits per heavy atom. The summed E-state index contributed by atoms with van der Waals surface area (Å²) in [5.41, 5.74) is 8.57. The molecule has 5 rings (SSSR count). The Kier molecular flexibility index (Phi) is 5.10. The van der Waals surface area contributed by atoms with Crippen LogP contribution in [0.1, 0.15) is 34.7 Å². The summed E-state index contributed by atoms with van der Waals surface area (Å²) in [4.78, 5) is 5.33. The van der Waals surface area contributed by atoms with Crippen LogP contribution in [0.3, 0.4) is 0 Å². The van der Waals surface area contributed by atoms with Crippen LogP contribution in [-0.2, 0) is 0 Å². The van der Waals surface area contributed by atoms with Crippen LogP contribution < -0.4 is 0 Å². The number of benzene rings is 4. The van der Waals surface area contributed by atoms with E-state index >= 15 is 0 Å². The predicted molar refractivity (Wildman–Crippen MR) is 127 cm³/mol. The first-order valence-electron chi connectivity index (χ1n) is 10.4. The molecule has 0 radical (unpaired) electrons. The van der Waals surface area contributed by atoms with E-state index in [1.54, 1.807) is 0 Å². The third kappa shape index (κ3) is 3.62. The highest BCUT2D eigenvalue weighted by Crippen LogP contribution is 2.38. The van der Waals surface area contributed by atoms with Crippen LogP contribution in [0.15, 0.2) is 120 Å². The molecule has 1 heteroatoms. The quantitative estimate of drug-likeness (QED) is 0.300. The van der Waals surface area contributed by atoms with Crippen LogP contribution >= 0.6 is 0 Å². The molecular weight excluding hydrogens is 362 g/mol. The molecule has 1 atom stereocenters. The summed E-state index contributed by atoms with van der Waals surface area (Å²) >= 11 is 0. The van der Waals surface area contributed by atoms with E-state index < -0.39 is 0 Å². The molecule has 144 valence electrons. The van der Waals surface area contributed by atoms with E-state index in [2.05, 4.69) is 115 Å². The molecule has 0 fully saturated rings. The van der Waals surface area contributed by atoms with E-state index in [0.717, 1.165) is 12.1 Å². The van der Waals surface area contributed by atoms with Crippen molar-refractivity contribution >= 4 is 11.8 Å². The summed E-state index contributed by atoms with van der Waals surface area (Å²) in [5, 5.41) is 0. The van der Waals surface area contributed by atoms with Gasteiger partial charge in [-0.2, -0.15) is 0 Å². The van der Waals surface area contributed by atoms with Crippen molar-refractivity contribution in [3.05, 3.63) is 138 Å². The fraction of sp³-hybridized carbons (Fsp3) is 0.0690. The van der Waals surface area contributed by atoms with Crippen LogP contribution in [0.25, 0.3) is 17.2 Å². The van der Waals surface area contributed by atoms with Crippen molar-refractivity contribution in [3.63, 3.8) is 0 Å². The molecule has 0 spiro atoms. The number of hydrogen-bond acceptors (Lipinski definition) is 1. The molecule has 1 nitrogen and oxygen atoms in total. The first-order chi connectivity index (χ1) is 14.9. The molecule has 4 aromatic carbocycles. The summed E-state index contributed by atoms with van der Waals surface area (Å²) < 4.78 is 0. The summed E-state index contributed by atoms with van der Waals surface area (Å²) in [7, 11) is 0. The lowest BCUT2D eigenvalue weighted by Gasteiger charge is -2.13. The van der Waals surface area contributed by atoms with Crippen molar-refractivity contribution in [2.45, 2.75) is 12.5 Å². The summed E-state index contributed by atoms with van der Waals surface area (Å²) in [6, 6.07) is 38.3. The van der Waals surface area contributed by atoms with Crippen molar-refractivity contribution in [2.75, 3.05) is 0 Å². The standard InChI is InChI=1S/C29H23N/c1-3-12-22(13-4-1)14-11-21-28(23-15-5-2-6-16-23)30-29-26-19-9-7-17-24(26)25-18-8-10-20-27(25)29/h1-20,28H,21H2/b14-11+/t28-/m1/s1. The number of fused-ring (bicyclic) bond motifs is 3. The lowest BCUT2D eigenvalue weighted by molar-refractivity contribution is 0.746. The average molecular weight is 386 g/mol. The van der Waals surface area contributed by atoms with Crippen LogP contribution in [0.4, 0.5) is 0 Å². The zero-order chi connectivity index (χ0) is 20.2. The van der Waals surface area contributed by atoms with Gasteiger partial charge >= 0.3 is 0 Å². The molecule has 0 amide bonds. The van der Waals surface area contributed by atoms with Gasteiger partial charge in [-0.25, -0.2) is 0 Å². The Bertz CT molecular complexity index is 1160. The number of aliphatic imine (C=N–C) groups is 1. The molecular formula is C29H23N. The van der Waals surface area contributed by atoms with Crippen molar-refractivity contribution in [3.8, 4) is 11.1 Å². The normalized spacial score (nSPS) is 13.1. The molecule has 0 aromatic heterocycles. The fourth-order valence-electron chi connectivity index (χ4n) is 4.12. The Morgan fingerprint density at radius 1 is 0.567 bits per heavy atom. The van der Waals surface area contributed by atoms with E-state index in [1.165, 1.54) is 33.4 Å². The maximum atomic E-state index is 5.33. The molecule has 1 aliphatic rings. The van der Waals surface area contributed by atoms with Crippen LogP contribution in [0.2, 0.25) is 0 Å². The molecule has 0 heterocycles. The Morgan fingerprint density at radius 3 is 1.67 bits per heavy atom. The summed E-state index contributed by atoms with van der Waals surface area (Å²) in [6.45, 7) is 0. The van der Waals surface area contributed by atoms with E-state index in [9.17, 15) is 0 Å². The number of hydrogen-bond donors (Lipinski definition) is 0. The van der Waals surface area contributed by atoms with E-state index in [1.807, 2.05) is 6.07 Å². The van der Waals surface area contributed by atoms with Crippen LogP contribution in [0.5, 0.6) is 0 Å². The monoisotopic (exact) mass is 385 g/mol. The first kappa shape index (κ1) is 18.3. The van der Waals surface area contributed by atoms with Crippen molar-refractivity contribution in [2.24, 2.45) is 4.99 Å². The first-order valence-corrected chi connectivity index (χ1v) is 10.4. The Hall–Kier alpha value is -3.71. The maximum absolute atomic E-state index is 5.33. The fourth-order valence-corrected chi connectivity index (χ4v) is 4.12. The van der Waals surface area contributed by atoms with Crippen molar-refractivity contribution < 1.29 is 0 Å². The zero-order valence-corrected chi connectivity index (χ0v) is 16.8. The summed E-state index contributed by atoms with van der Waals surface area (Å²) in [6.07, 6.45) is 5.28. The zero-order valence-electron chi connectivity index (χ0n) is 16.8. The van der Waals surface area contributed by atoms with Gasteiger partial charge in [0, 0.05) is 11.1 Å². The maximum Gasteiger partial charge on any atom is 0.0791 e. The van der Waals surface area contributed by atoms with Gasteiger partial charge in [0.15, 0.2) is 0 Å². The highest BCUT2D eigenvalue weighted by atomic mass is 14.8. The van der Waals surface area contributed by atoms with E-state index in [4.69, 9.17) is 4.99 Å². The third-order valence-electron chi connectivity index (χ3n) is 5.59. The topological polar surface area (TPSA) is 12.4 Å². The smallest absolute Gasteiger partial charge is 0.0791 e. The van der Waals surface area contributed by atoms with Gasteiger partial charge in [-0.15, -0.1) is 0 Å². The highest BCUT2D eigenvalue weighted by molar-refractivity contribution is 6.24. The minimum Gasteiger partial charge on any atom is -0.276 e. The van der Waals surface area contributed by atoms with Gasteiger partial charge in [-0.1, -0.05) is 121 Å². The molecule has 30 heavy (non-hydrogen) atoms. The van der Waals surface area contributed by atoms with Gasteiger partial charge in [0.2, 0.25) is 0 Å². The predicted octanol–water partition coefficient (Wildman–Crippen LogP) is 7.35. The largest absolute Gasteiger partial charge is 0.276 e. The molecule has 0 saturated carbocycles.